The Hall–Kier alpha value is -1.13. The molecule has 2 N–H and O–H groups in total. The molecule has 86 valence electrons. The van der Waals surface area contributed by atoms with Gasteiger partial charge in [0.05, 0.1) is 29.8 Å². The summed E-state index contributed by atoms with van der Waals surface area (Å²) in [5.74, 6) is 0. The maximum absolute atomic E-state index is 5.81. The van der Waals surface area contributed by atoms with E-state index in [0.29, 0.717) is 18.8 Å². The van der Waals surface area contributed by atoms with Crippen molar-refractivity contribution in [2.45, 2.75) is 31.6 Å². The Labute approximate surface area is 95.4 Å². The first-order valence-electron chi connectivity index (χ1n) is 5.90. The zero-order valence-electron chi connectivity index (χ0n) is 9.30. The van der Waals surface area contributed by atoms with Crippen LogP contribution in [0.2, 0.25) is 0 Å². The van der Waals surface area contributed by atoms with Crippen molar-refractivity contribution in [1.29, 1.82) is 0 Å². The number of rotatable bonds is 2. The van der Waals surface area contributed by atoms with E-state index >= 15 is 0 Å². The van der Waals surface area contributed by atoms with Crippen LogP contribution in [0.5, 0.6) is 0 Å². The van der Waals surface area contributed by atoms with Crippen molar-refractivity contribution in [3.63, 3.8) is 0 Å². The van der Waals surface area contributed by atoms with Crippen LogP contribution in [-0.2, 0) is 11.3 Å². The maximum atomic E-state index is 5.81. The molecule has 2 saturated heterocycles. The summed E-state index contributed by atoms with van der Waals surface area (Å²) in [6.07, 6.45) is 5.18. The average molecular weight is 219 g/mol. The summed E-state index contributed by atoms with van der Waals surface area (Å²) in [6, 6.07) is 4.12. The van der Waals surface area contributed by atoms with Gasteiger partial charge in [-0.3, -0.25) is 4.98 Å². The Bertz CT molecular complexity index is 353. The molecular formula is C12H17N3O. The second-order valence-electron chi connectivity index (χ2n) is 4.57. The van der Waals surface area contributed by atoms with Crippen molar-refractivity contribution in [2.75, 3.05) is 18.0 Å². The molecule has 2 atom stereocenters. The molecule has 4 heteroatoms. The molecule has 2 bridgehead atoms. The molecule has 0 radical (unpaired) electrons. The molecule has 2 fully saturated rings. The van der Waals surface area contributed by atoms with Gasteiger partial charge in [-0.15, -0.1) is 0 Å². The summed E-state index contributed by atoms with van der Waals surface area (Å²) >= 11 is 0. The van der Waals surface area contributed by atoms with Gasteiger partial charge in [0.15, 0.2) is 0 Å². The normalized spacial score (nSPS) is 28.4. The monoisotopic (exact) mass is 219 g/mol. The quantitative estimate of drug-likeness (QED) is 0.803. The van der Waals surface area contributed by atoms with Crippen molar-refractivity contribution in [2.24, 2.45) is 5.73 Å². The van der Waals surface area contributed by atoms with Crippen LogP contribution in [0.25, 0.3) is 0 Å². The zero-order valence-corrected chi connectivity index (χ0v) is 9.30. The third-order valence-corrected chi connectivity index (χ3v) is 3.43. The number of fused-ring (bicyclic) bond motifs is 2. The van der Waals surface area contributed by atoms with Gasteiger partial charge in [-0.05, 0) is 25.0 Å². The summed E-state index contributed by atoms with van der Waals surface area (Å²) in [5.41, 5.74) is 7.67. The van der Waals surface area contributed by atoms with E-state index in [-0.39, 0.29) is 0 Å². The van der Waals surface area contributed by atoms with Crippen LogP contribution in [-0.4, -0.2) is 30.3 Å². The summed E-state index contributed by atoms with van der Waals surface area (Å²) in [7, 11) is 0. The number of anilines is 1. The van der Waals surface area contributed by atoms with Crippen LogP contribution in [0.4, 0.5) is 5.69 Å². The minimum atomic E-state index is 0.424. The van der Waals surface area contributed by atoms with E-state index in [9.17, 15) is 0 Å². The molecule has 0 aromatic carbocycles. The highest BCUT2D eigenvalue weighted by Crippen LogP contribution is 2.29. The summed E-state index contributed by atoms with van der Waals surface area (Å²) in [5, 5.41) is 0. The molecule has 3 rings (SSSR count). The molecule has 2 aliphatic rings. The zero-order chi connectivity index (χ0) is 11.0. The lowest BCUT2D eigenvalue weighted by Gasteiger charge is -2.33. The number of nitrogens with zero attached hydrogens (tertiary/aromatic N) is 2. The van der Waals surface area contributed by atoms with Gasteiger partial charge in [-0.25, -0.2) is 0 Å². The second-order valence-corrected chi connectivity index (χ2v) is 4.57. The number of aromatic nitrogens is 1. The van der Waals surface area contributed by atoms with E-state index < -0.39 is 0 Å². The molecule has 16 heavy (non-hydrogen) atoms. The molecule has 1 aromatic heterocycles. The van der Waals surface area contributed by atoms with Gasteiger partial charge in [0, 0.05) is 19.6 Å². The SMILES string of the molecule is NCc1ccc(N2CC3CCC(C2)O3)cn1. The minimum Gasteiger partial charge on any atom is -0.371 e. The van der Waals surface area contributed by atoms with E-state index in [2.05, 4.69) is 16.0 Å². The van der Waals surface area contributed by atoms with Gasteiger partial charge in [0.25, 0.3) is 0 Å². The van der Waals surface area contributed by atoms with Crippen LogP contribution in [0.1, 0.15) is 18.5 Å². The van der Waals surface area contributed by atoms with E-state index in [1.54, 1.807) is 0 Å². The molecule has 0 spiro atoms. The fourth-order valence-electron chi connectivity index (χ4n) is 2.55. The Kier molecular flexibility index (Phi) is 2.53. The first-order valence-corrected chi connectivity index (χ1v) is 5.90. The van der Waals surface area contributed by atoms with Gasteiger partial charge >= 0.3 is 0 Å². The van der Waals surface area contributed by atoms with Crippen LogP contribution in [0.15, 0.2) is 18.3 Å². The molecule has 0 saturated carbocycles. The van der Waals surface area contributed by atoms with Crippen molar-refractivity contribution < 1.29 is 4.74 Å². The highest BCUT2D eigenvalue weighted by atomic mass is 16.5. The highest BCUT2D eigenvalue weighted by molar-refractivity contribution is 5.45. The smallest absolute Gasteiger partial charge is 0.0755 e. The number of nitrogens with two attached hydrogens (primary N) is 1. The Morgan fingerprint density at radius 1 is 1.31 bits per heavy atom. The third kappa shape index (κ3) is 1.79. The molecular weight excluding hydrogens is 202 g/mol. The number of hydrogen-bond donors (Lipinski definition) is 1. The van der Waals surface area contributed by atoms with Gasteiger partial charge in [-0.1, -0.05) is 0 Å². The number of hydrogen-bond acceptors (Lipinski definition) is 4. The molecule has 4 nitrogen and oxygen atoms in total. The van der Waals surface area contributed by atoms with E-state index in [1.807, 2.05) is 12.3 Å². The lowest BCUT2D eigenvalue weighted by atomic mass is 10.2. The molecule has 0 amide bonds. The minimum absolute atomic E-state index is 0.424. The molecule has 2 aliphatic heterocycles. The molecule has 0 aliphatic carbocycles. The van der Waals surface area contributed by atoms with Crippen LogP contribution in [0.3, 0.4) is 0 Å². The predicted molar refractivity (Wildman–Crippen MR) is 62.2 cm³/mol. The summed E-state index contributed by atoms with van der Waals surface area (Å²) in [4.78, 5) is 6.71. The first kappa shape index (κ1) is 10.1. The van der Waals surface area contributed by atoms with Crippen molar-refractivity contribution in [1.82, 2.24) is 4.98 Å². The van der Waals surface area contributed by atoms with Crippen molar-refractivity contribution in [3.8, 4) is 0 Å². The van der Waals surface area contributed by atoms with Gasteiger partial charge in [0.2, 0.25) is 0 Å². The van der Waals surface area contributed by atoms with Crippen LogP contribution in [0, 0.1) is 0 Å². The lowest BCUT2D eigenvalue weighted by molar-refractivity contribution is 0.0305. The fourth-order valence-corrected chi connectivity index (χ4v) is 2.55. The standard InChI is InChI=1S/C12H17N3O/c13-5-9-1-2-10(6-14-9)15-7-11-3-4-12(8-15)16-11/h1-2,6,11-12H,3-5,7-8,13H2. The second kappa shape index (κ2) is 4.03. The molecule has 3 heterocycles. The lowest BCUT2D eigenvalue weighted by Crippen LogP contribution is -2.42. The van der Waals surface area contributed by atoms with Gasteiger partial charge in [0.1, 0.15) is 0 Å². The van der Waals surface area contributed by atoms with E-state index in [0.717, 1.165) is 18.8 Å². The van der Waals surface area contributed by atoms with Crippen LogP contribution >= 0.6 is 0 Å². The van der Waals surface area contributed by atoms with Gasteiger partial charge < -0.3 is 15.4 Å². The van der Waals surface area contributed by atoms with E-state index in [1.165, 1.54) is 18.5 Å². The van der Waals surface area contributed by atoms with Crippen molar-refractivity contribution >= 4 is 5.69 Å². The largest absolute Gasteiger partial charge is 0.371 e. The number of ether oxygens (including phenoxy) is 1. The number of pyridine rings is 1. The Morgan fingerprint density at radius 3 is 2.62 bits per heavy atom. The third-order valence-electron chi connectivity index (χ3n) is 3.43. The maximum Gasteiger partial charge on any atom is 0.0755 e. The van der Waals surface area contributed by atoms with Crippen molar-refractivity contribution in [3.05, 3.63) is 24.0 Å². The van der Waals surface area contributed by atoms with Crippen LogP contribution < -0.4 is 10.6 Å². The van der Waals surface area contributed by atoms with Gasteiger partial charge in [-0.2, -0.15) is 0 Å². The summed E-state index contributed by atoms with van der Waals surface area (Å²) in [6.45, 7) is 2.51. The Balaban J connectivity index is 1.76. The number of morpholine rings is 1. The predicted octanol–water partition coefficient (Wildman–Crippen LogP) is 0.908. The molecule has 2 unspecified atom stereocenters. The van der Waals surface area contributed by atoms with E-state index in [4.69, 9.17) is 10.5 Å². The fraction of sp³-hybridized carbons (Fsp3) is 0.583. The topological polar surface area (TPSA) is 51.4 Å². The average Bonchev–Trinajstić information content (AvgIpc) is 2.68. The first-order chi connectivity index (χ1) is 7.85. The Morgan fingerprint density at radius 2 is 2.06 bits per heavy atom. The molecule has 1 aromatic rings. The highest BCUT2D eigenvalue weighted by Gasteiger charge is 2.33. The summed E-state index contributed by atoms with van der Waals surface area (Å²) < 4.78 is 5.81.